The zero-order valence-corrected chi connectivity index (χ0v) is 13.2. The third-order valence-corrected chi connectivity index (χ3v) is 4.35. The topological polar surface area (TPSA) is 79.2 Å². The van der Waals surface area contributed by atoms with Crippen LogP contribution < -0.4 is 10.6 Å². The molecular formula is C17H22N4O2. The van der Waals surface area contributed by atoms with Crippen molar-refractivity contribution < 1.29 is 9.90 Å². The highest BCUT2D eigenvalue weighted by atomic mass is 16.4. The van der Waals surface area contributed by atoms with E-state index in [0.717, 1.165) is 42.5 Å². The second-order valence-corrected chi connectivity index (χ2v) is 6.12. The lowest BCUT2D eigenvalue weighted by Crippen LogP contribution is -2.39. The second kappa shape index (κ2) is 6.73. The number of nitrogens with one attached hydrogen (secondary N) is 2. The minimum absolute atomic E-state index is 0.0958. The van der Waals surface area contributed by atoms with Gasteiger partial charge in [0.25, 0.3) is 0 Å². The van der Waals surface area contributed by atoms with E-state index in [0.29, 0.717) is 6.04 Å². The van der Waals surface area contributed by atoms with Gasteiger partial charge in [-0.05, 0) is 43.4 Å². The van der Waals surface area contributed by atoms with E-state index in [4.69, 9.17) is 5.11 Å². The Labute approximate surface area is 135 Å². The van der Waals surface area contributed by atoms with Gasteiger partial charge in [0, 0.05) is 36.6 Å². The van der Waals surface area contributed by atoms with Crippen molar-refractivity contribution in [3.8, 4) is 11.1 Å². The summed E-state index contributed by atoms with van der Waals surface area (Å²) in [6.45, 7) is 0. The number of aromatic nitrogens is 2. The number of hydrogen-bond donors (Lipinski definition) is 3. The molecule has 23 heavy (non-hydrogen) atoms. The van der Waals surface area contributed by atoms with Crippen molar-refractivity contribution in [2.24, 2.45) is 7.05 Å². The second-order valence-electron chi connectivity index (χ2n) is 6.12. The van der Waals surface area contributed by atoms with E-state index in [2.05, 4.69) is 40.0 Å². The van der Waals surface area contributed by atoms with Gasteiger partial charge in [-0.1, -0.05) is 12.1 Å². The number of hydrogen-bond acceptors (Lipinski definition) is 3. The zero-order valence-electron chi connectivity index (χ0n) is 13.2. The predicted octanol–water partition coefficient (Wildman–Crippen LogP) is 3.08. The highest BCUT2D eigenvalue weighted by Crippen LogP contribution is 2.24. The van der Waals surface area contributed by atoms with Crippen molar-refractivity contribution in [2.45, 2.75) is 37.8 Å². The molecule has 1 amide bonds. The van der Waals surface area contributed by atoms with Gasteiger partial charge in [-0.15, -0.1) is 0 Å². The SMILES string of the molecule is Cn1cc(-c2ccc(NC3CCC(NC(=O)O)CC3)cc2)cn1. The Hall–Kier alpha value is -2.50. The van der Waals surface area contributed by atoms with Gasteiger partial charge in [-0.25, -0.2) is 4.79 Å². The lowest BCUT2D eigenvalue weighted by Gasteiger charge is -2.29. The van der Waals surface area contributed by atoms with Gasteiger partial charge >= 0.3 is 6.09 Å². The first-order valence-electron chi connectivity index (χ1n) is 7.95. The Morgan fingerprint density at radius 2 is 1.78 bits per heavy atom. The summed E-state index contributed by atoms with van der Waals surface area (Å²) >= 11 is 0. The minimum atomic E-state index is -0.924. The number of aryl methyl sites for hydroxylation is 1. The average molecular weight is 314 g/mol. The quantitative estimate of drug-likeness (QED) is 0.810. The molecule has 3 N–H and O–H groups in total. The zero-order chi connectivity index (χ0) is 16.2. The Morgan fingerprint density at radius 3 is 2.35 bits per heavy atom. The summed E-state index contributed by atoms with van der Waals surface area (Å²) in [7, 11) is 1.91. The van der Waals surface area contributed by atoms with Crippen LogP contribution in [0.15, 0.2) is 36.7 Å². The van der Waals surface area contributed by atoms with E-state index < -0.39 is 6.09 Å². The highest BCUT2D eigenvalue weighted by Gasteiger charge is 2.22. The Bertz CT molecular complexity index is 657. The maximum Gasteiger partial charge on any atom is 0.404 e. The van der Waals surface area contributed by atoms with Crippen molar-refractivity contribution in [1.82, 2.24) is 15.1 Å². The van der Waals surface area contributed by atoms with Gasteiger partial charge in [0.1, 0.15) is 0 Å². The smallest absolute Gasteiger partial charge is 0.404 e. The molecule has 0 aliphatic heterocycles. The van der Waals surface area contributed by atoms with E-state index in [1.54, 1.807) is 4.68 Å². The summed E-state index contributed by atoms with van der Waals surface area (Å²) in [5, 5.41) is 19.1. The molecule has 6 heteroatoms. The van der Waals surface area contributed by atoms with Crippen molar-refractivity contribution in [3.05, 3.63) is 36.7 Å². The largest absolute Gasteiger partial charge is 0.465 e. The van der Waals surface area contributed by atoms with Crippen LogP contribution in [0.4, 0.5) is 10.5 Å². The monoisotopic (exact) mass is 314 g/mol. The van der Waals surface area contributed by atoms with E-state index in [1.807, 2.05) is 19.4 Å². The molecule has 6 nitrogen and oxygen atoms in total. The number of carboxylic acid groups (broad SMARTS) is 1. The summed E-state index contributed by atoms with van der Waals surface area (Å²) in [4.78, 5) is 10.7. The first-order valence-corrected chi connectivity index (χ1v) is 7.95. The molecule has 1 aliphatic carbocycles. The van der Waals surface area contributed by atoms with Crippen LogP contribution in [0.2, 0.25) is 0 Å². The van der Waals surface area contributed by atoms with Crippen LogP contribution in [-0.4, -0.2) is 33.1 Å². The molecule has 1 aliphatic rings. The van der Waals surface area contributed by atoms with E-state index in [-0.39, 0.29) is 6.04 Å². The fourth-order valence-corrected chi connectivity index (χ4v) is 3.12. The molecule has 122 valence electrons. The van der Waals surface area contributed by atoms with Gasteiger partial charge in [0.2, 0.25) is 0 Å². The number of rotatable bonds is 4. The van der Waals surface area contributed by atoms with Gasteiger partial charge in [0.15, 0.2) is 0 Å². The number of amides is 1. The molecule has 1 heterocycles. The minimum Gasteiger partial charge on any atom is -0.465 e. The lowest BCUT2D eigenvalue weighted by molar-refractivity contribution is 0.185. The van der Waals surface area contributed by atoms with Crippen LogP contribution in [0.1, 0.15) is 25.7 Å². The Kier molecular flexibility index (Phi) is 4.50. The van der Waals surface area contributed by atoms with E-state index >= 15 is 0 Å². The molecule has 0 bridgehead atoms. The molecule has 0 atom stereocenters. The van der Waals surface area contributed by atoms with Crippen molar-refractivity contribution in [1.29, 1.82) is 0 Å². The third-order valence-electron chi connectivity index (χ3n) is 4.35. The molecule has 0 saturated heterocycles. The molecule has 3 rings (SSSR count). The fourth-order valence-electron chi connectivity index (χ4n) is 3.12. The summed E-state index contributed by atoms with van der Waals surface area (Å²) in [5.74, 6) is 0. The summed E-state index contributed by atoms with van der Waals surface area (Å²) in [5.41, 5.74) is 3.37. The van der Waals surface area contributed by atoms with Gasteiger partial charge in [0.05, 0.1) is 6.20 Å². The molecule has 0 spiro atoms. The van der Waals surface area contributed by atoms with Gasteiger partial charge in [-0.3, -0.25) is 4.68 Å². The van der Waals surface area contributed by atoms with Crippen molar-refractivity contribution in [3.63, 3.8) is 0 Å². The van der Waals surface area contributed by atoms with Crippen LogP contribution in [0.3, 0.4) is 0 Å². The maximum atomic E-state index is 10.7. The average Bonchev–Trinajstić information content (AvgIpc) is 2.96. The molecule has 1 aromatic heterocycles. The molecular weight excluding hydrogens is 292 g/mol. The molecule has 2 aromatic rings. The van der Waals surface area contributed by atoms with Crippen LogP contribution >= 0.6 is 0 Å². The Balaban J connectivity index is 1.54. The number of benzene rings is 1. The lowest BCUT2D eigenvalue weighted by atomic mass is 9.91. The standard InChI is InChI=1S/C17H22N4O2/c1-21-11-13(10-18-21)12-2-4-14(5-3-12)19-15-6-8-16(9-7-15)20-17(22)23/h2-5,10-11,15-16,19-20H,6-9H2,1H3,(H,22,23). The first-order chi connectivity index (χ1) is 11.1. The summed E-state index contributed by atoms with van der Waals surface area (Å²) in [6, 6.07) is 8.87. The van der Waals surface area contributed by atoms with Gasteiger partial charge < -0.3 is 15.7 Å². The summed E-state index contributed by atoms with van der Waals surface area (Å²) in [6.07, 6.45) is 6.67. The molecule has 0 unspecified atom stereocenters. The van der Waals surface area contributed by atoms with Crippen molar-refractivity contribution in [2.75, 3.05) is 5.32 Å². The molecule has 0 radical (unpaired) electrons. The number of carbonyl (C=O) groups is 1. The predicted molar refractivity (Wildman–Crippen MR) is 89.5 cm³/mol. The van der Waals surface area contributed by atoms with Crippen molar-refractivity contribution >= 4 is 11.8 Å². The van der Waals surface area contributed by atoms with E-state index in [1.165, 1.54) is 0 Å². The first kappa shape index (κ1) is 15.4. The fraction of sp³-hybridized carbons (Fsp3) is 0.412. The molecule has 1 saturated carbocycles. The number of nitrogens with zero attached hydrogens (tertiary/aromatic N) is 2. The molecule has 1 fully saturated rings. The van der Waals surface area contributed by atoms with Crippen LogP contribution in [0.25, 0.3) is 11.1 Å². The maximum absolute atomic E-state index is 10.7. The molecule has 1 aromatic carbocycles. The van der Waals surface area contributed by atoms with Crippen LogP contribution in [0.5, 0.6) is 0 Å². The van der Waals surface area contributed by atoms with Gasteiger partial charge in [-0.2, -0.15) is 5.10 Å². The normalized spacial score (nSPS) is 20.9. The third kappa shape index (κ3) is 4.03. The Morgan fingerprint density at radius 1 is 1.13 bits per heavy atom. The van der Waals surface area contributed by atoms with E-state index in [9.17, 15) is 4.79 Å². The summed E-state index contributed by atoms with van der Waals surface area (Å²) < 4.78 is 1.80. The van der Waals surface area contributed by atoms with Crippen LogP contribution in [0, 0.1) is 0 Å². The number of anilines is 1. The highest BCUT2D eigenvalue weighted by molar-refractivity contribution is 5.65. The van der Waals surface area contributed by atoms with Crippen LogP contribution in [-0.2, 0) is 7.05 Å².